The monoisotopic (exact) mass is 294 g/mol. The van der Waals surface area contributed by atoms with Crippen molar-refractivity contribution >= 4 is 17.4 Å². The second-order valence-corrected chi connectivity index (χ2v) is 6.73. The molecule has 5 heteroatoms. The molecule has 0 radical (unpaired) electrons. The molecule has 0 aromatic carbocycles. The summed E-state index contributed by atoms with van der Waals surface area (Å²) < 4.78 is 5.74. The van der Waals surface area contributed by atoms with Gasteiger partial charge in [-0.3, -0.25) is 0 Å². The van der Waals surface area contributed by atoms with E-state index in [1.807, 2.05) is 18.4 Å². The van der Waals surface area contributed by atoms with Gasteiger partial charge < -0.3 is 15.4 Å². The molecule has 2 heterocycles. The van der Waals surface area contributed by atoms with Gasteiger partial charge >= 0.3 is 6.03 Å². The highest BCUT2D eigenvalue weighted by molar-refractivity contribution is 7.10. The molecule has 4 atom stereocenters. The zero-order valence-corrected chi connectivity index (χ0v) is 12.6. The van der Waals surface area contributed by atoms with Gasteiger partial charge in [-0.25, -0.2) is 4.79 Å². The van der Waals surface area contributed by atoms with Crippen molar-refractivity contribution in [3.05, 3.63) is 22.4 Å². The first-order valence-corrected chi connectivity index (χ1v) is 8.34. The van der Waals surface area contributed by atoms with Crippen LogP contribution in [0.25, 0.3) is 0 Å². The lowest BCUT2D eigenvalue weighted by Crippen LogP contribution is -2.49. The lowest BCUT2D eigenvalue weighted by atomic mass is 9.82. The second-order valence-electron chi connectivity index (χ2n) is 5.75. The smallest absolute Gasteiger partial charge is 0.315 e. The molecule has 1 aliphatic carbocycles. The molecule has 0 bridgehead atoms. The van der Waals surface area contributed by atoms with Gasteiger partial charge in [-0.1, -0.05) is 6.07 Å². The van der Waals surface area contributed by atoms with Gasteiger partial charge in [0.15, 0.2) is 0 Å². The molecule has 1 saturated carbocycles. The van der Waals surface area contributed by atoms with E-state index in [4.69, 9.17) is 4.74 Å². The highest BCUT2D eigenvalue weighted by atomic mass is 32.1. The fraction of sp³-hybridized carbons (Fsp3) is 0.667. The van der Waals surface area contributed by atoms with Gasteiger partial charge in [0.25, 0.3) is 0 Å². The lowest BCUT2D eigenvalue weighted by molar-refractivity contribution is 0.0549. The summed E-state index contributed by atoms with van der Waals surface area (Å²) in [5, 5.41) is 8.22. The Morgan fingerprint density at radius 2 is 2.35 bits per heavy atom. The van der Waals surface area contributed by atoms with Crippen molar-refractivity contribution in [2.75, 3.05) is 6.61 Å². The van der Waals surface area contributed by atoms with Crippen molar-refractivity contribution in [3.8, 4) is 0 Å². The summed E-state index contributed by atoms with van der Waals surface area (Å²) in [7, 11) is 0. The first kappa shape index (κ1) is 13.9. The number of hydrogen-bond donors (Lipinski definition) is 2. The Bertz CT molecular complexity index is 449. The quantitative estimate of drug-likeness (QED) is 0.900. The zero-order chi connectivity index (χ0) is 13.9. The van der Waals surface area contributed by atoms with E-state index in [1.165, 1.54) is 4.88 Å². The fourth-order valence-corrected chi connectivity index (χ4v) is 4.10. The minimum Gasteiger partial charge on any atom is -0.378 e. The predicted molar refractivity (Wildman–Crippen MR) is 79.9 cm³/mol. The van der Waals surface area contributed by atoms with Gasteiger partial charge in [0.2, 0.25) is 0 Å². The average Bonchev–Trinajstić information content (AvgIpc) is 3.10. The summed E-state index contributed by atoms with van der Waals surface area (Å²) in [6, 6.07) is 4.35. The zero-order valence-electron chi connectivity index (χ0n) is 11.8. The molecule has 4 unspecified atom stereocenters. The third-order valence-electron chi connectivity index (χ3n) is 4.42. The van der Waals surface area contributed by atoms with Crippen LogP contribution in [0.15, 0.2) is 17.5 Å². The van der Waals surface area contributed by atoms with Gasteiger partial charge in [0.1, 0.15) is 0 Å². The van der Waals surface area contributed by atoms with Crippen LogP contribution >= 0.6 is 11.3 Å². The van der Waals surface area contributed by atoms with E-state index in [2.05, 4.69) is 16.7 Å². The molecular weight excluding hydrogens is 272 g/mol. The van der Waals surface area contributed by atoms with Gasteiger partial charge in [-0.05, 0) is 44.1 Å². The van der Waals surface area contributed by atoms with Crippen molar-refractivity contribution < 1.29 is 9.53 Å². The van der Waals surface area contributed by atoms with Gasteiger partial charge in [0, 0.05) is 23.4 Å². The summed E-state index contributed by atoms with van der Waals surface area (Å²) in [5.74, 6) is 0.506. The Labute approximate surface area is 123 Å². The van der Waals surface area contributed by atoms with Crippen molar-refractivity contribution in [1.29, 1.82) is 0 Å². The molecule has 2 aliphatic rings. The van der Waals surface area contributed by atoms with E-state index in [0.29, 0.717) is 12.0 Å². The Morgan fingerprint density at radius 3 is 3.15 bits per heavy atom. The molecule has 110 valence electrons. The maximum atomic E-state index is 12.1. The molecule has 1 aromatic rings. The van der Waals surface area contributed by atoms with Gasteiger partial charge in [0.05, 0.1) is 12.1 Å². The van der Waals surface area contributed by atoms with Crippen LogP contribution in [0.2, 0.25) is 0 Å². The normalized spacial score (nSPS) is 30.6. The van der Waals surface area contributed by atoms with Crippen LogP contribution in [-0.2, 0) is 4.74 Å². The maximum Gasteiger partial charge on any atom is 0.315 e. The van der Waals surface area contributed by atoms with Crippen LogP contribution in [0.5, 0.6) is 0 Å². The first-order valence-electron chi connectivity index (χ1n) is 7.46. The summed E-state index contributed by atoms with van der Waals surface area (Å²) in [4.78, 5) is 13.3. The van der Waals surface area contributed by atoms with E-state index in [-0.39, 0.29) is 18.1 Å². The van der Waals surface area contributed by atoms with E-state index in [0.717, 1.165) is 32.3 Å². The molecule has 0 spiro atoms. The van der Waals surface area contributed by atoms with E-state index >= 15 is 0 Å². The molecule has 2 amide bonds. The largest absolute Gasteiger partial charge is 0.378 e. The van der Waals surface area contributed by atoms with Crippen molar-refractivity contribution in [2.24, 2.45) is 5.92 Å². The number of amides is 2. The molecular formula is C15H22N2O2S. The van der Waals surface area contributed by atoms with E-state index in [9.17, 15) is 4.79 Å². The number of thiophene rings is 1. The molecule has 1 saturated heterocycles. The number of hydrogen-bond acceptors (Lipinski definition) is 3. The van der Waals surface area contributed by atoms with Crippen LogP contribution in [0.1, 0.15) is 43.5 Å². The van der Waals surface area contributed by atoms with Crippen LogP contribution in [-0.4, -0.2) is 24.8 Å². The molecule has 2 fully saturated rings. The maximum absolute atomic E-state index is 12.1. The number of carbonyl (C=O) groups excluding carboxylic acids is 1. The van der Waals surface area contributed by atoms with Gasteiger partial charge in [-0.2, -0.15) is 0 Å². The van der Waals surface area contributed by atoms with Crippen LogP contribution in [0.4, 0.5) is 4.79 Å². The van der Waals surface area contributed by atoms with Gasteiger partial charge in [-0.15, -0.1) is 11.3 Å². The highest BCUT2D eigenvalue weighted by Gasteiger charge is 2.38. The Kier molecular flexibility index (Phi) is 4.27. The molecule has 1 aliphatic heterocycles. The molecule has 20 heavy (non-hydrogen) atoms. The molecule has 3 rings (SSSR count). The summed E-state index contributed by atoms with van der Waals surface area (Å²) >= 11 is 1.67. The Hall–Kier alpha value is -1.07. The number of fused-ring (bicyclic) bond motifs is 1. The number of urea groups is 1. The third kappa shape index (κ3) is 2.99. The number of nitrogens with one attached hydrogen (secondary N) is 2. The van der Waals surface area contributed by atoms with Crippen LogP contribution in [0, 0.1) is 5.92 Å². The Balaban J connectivity index is 1.53. The van der Waals surface area contributed by atoms with Crippen molar-refractivity contribution in [2.45, 2.75) is 50.8 Å². The predicted octanol–water partition coefficient (Wildman–Crippen LogP) is 3.07. The van der Waals surface area contributed by atoms with E-state index < -0.39 is 0 Å². The topological polar surface area (TPSA) is 50.4 Å². The number of ether oxygens (including phenoxy) is 1. The first-order chi connectivity index (χ1) is 9.74. The summed E-state index contributed by atoms with van der Waals surface area (Å²) in [6.07, 6.45) is 4.81. The standard InChI is InChI=1S/C15H22N2O2S/c1-10(14-6-3-9-20-14)16-15(18)17-12-4-2-5-13-11(12)7-8-19-13/h3,6,9-13H,2,4-5,7-8H2,1H3,(H2,16,17,18). The molecule has 4 nitrogen and oxygen atoms in total. The SMILES string of the molecule is CC(NC(=O)NC1CCCC2OCCC12)c1cccs1. The second kappa shape index (κ2) is 6.14. The summed E-state index contributed by atoms with van der Waals surface area (Å²) in [5.41, 5.74) is 0. The Morgan fingerprint density at radius 1 is 1.45 bits per heavy atom. The van der Waals surface area contributed by atoms with Crippen LogP contribution in [0.3, 0.4) is 0 Å². The third-order valence-corrected chi connectivity index (χ3v) is 5.47. The molecule has 2 N–H and O–H groups in total. The summed E-state index contributed by atoms with van der Waals surface area (Å²) in [6.45, 7) is 2.87. The van der Waals surface area contributed by atoms with Crippen molar-refractivity contribution in [3.63, 3.8) is 0 Å². The highest BCUT2D eigenvalue weighted by Crippen LogP contribution is 2.34. The molecule has 1 aromatic heterocycles. The minimum atomic E-state index is -0.0524. The lowest BCUT2D eigenvalue weighted by Gasteiger charge is -2.33. The number of carbonyl (C=O) groups is 1. The number of rotatable bonds is 3. The minimum absolute atomic E-state index is 0.0524. The van der Waals surface area contributed by atoms with Crippen molar-refractivity contribution in [1.82, 2.24) is 10.6 Å². The fourth-order valence-electron chi connectivity index (χ4n) is 3.37. The van der Waals surface area contributed by atoms with Crippen LogP contribution < -0.4 is 10.6 Å². The van der Waals surface area contributed by atoms with E-state index in [1.54, 1.807) is 11.3 Å². The average molecular weight is 294 g/mol.